The van der Waals surface area contributed by atoms with Crippen LogP contribution in [0.25, 0.3) is 10.9 Å². The van der Waals surface area contributed by atoms with Gasteiger partial charge in [0.05, 0.1) is 12.3 Å². The van der Waals surface area contributed by atoms with E-state index in [1.54, 1.807) is 36.4 Å². The fourth-order valence-corrected chi connectivity index (χ4v) is 3.39. The molecule has 0 aliphatic carbocycles. The Balaban J connectivity index is 1.84. The Kier molecular flexibility index (Phi) is 3.73. The van der Waals surface area contributed by atoms with E-state index in [1.807, 2.05) is 0 Å². The number of aromatic nitrogens is 1. The smallest absolute Gasteiger partial charge is 0.209 e. The van der Waals surface area contributed by atoms with E-state index in [9.17, 15) is 14.7 Å². The predicted octanol–water partition coefficient (Wildman–Crippen LogP) is 2.28. The van der Waals surface area contributed by atoms with Crippen molar-refractivity contribution in [1.82, 2.24) is 4.98 Å². The summed E-state index contributed by atoms with van der Waals surface area (Å²) >= 11 is 6.00. The molecule has 0 bridgehead atoms. The van der Waals surface area contributed by atoms with E-state index in [1.165, 1.54) is 0 Å². The van der Waals surface area contributed by atoms with Gasteiger partial charge in [0.2, 0.25) is 5.78 Å². The van der Waals surface area contributed by atoms with Gasteiger partial charge in [0.15, 0.2) is 0 Å². The van der Waals surface area contributed by atoms with Crippen LogP contribution in [-0.4, -0.2) is 23.3 Å². The van der Waals surface area contributed by atoms with Crippen molar-refractivity contribution in [2.24, 2.45) is 0 Å². The lowest BCUT2D eigenvalue weighted by molar-refractivity contribution is -0.304. The molecule has 0 fully saturated rings. The molecule has 3 aromatic rings. The third-order valence-corrected chi connectivity index (χ3v) is 4.60. The zero-order chi connectivity index (χ0) is 17.6. The maximum absolute atomic E-state index is 13.0. The van der Waals surface area contributed by atoms with Crippen molar-refractivity contribution in [3.63, 3.8) is 0 Å². The number of ketones is 1. The minimum absolute atomic E-state index is 0.250. The molecule has 0 saturated heterocycles. The number of ether oxygens (including phenoxy) is 1. The summed E-state index contributed by atoms with van der Waals surface area (Å²) in [5.74, 6) is -0.722. The number of hydrogen-bond donors (Lipinski definition) is 1. The second kappa shape index (κ2) is 5.93. The summed E-state index contributed by atoms with van der Waals surface area (Å²) in [6.45, 7) is 0.605. The van der Waals surface area contributed by atoms with Crippen molar-refractivity contribution in [3.05, 3.63) is 63.8 Å². The van der Waals surface area contributed by atoms with Crippen molar-refractivity contribution >= 4 is 34.3 Å². The van der Waals surface area contributed by atoms with Crippen LogP contribution in [-0.2, 0) is 17.6 Å². The standard InChI is InChI=1S/C19H14ClNO4/c20-12-2-3-13-14(9-17(22)23)18(21-15(13)8-12)19(24)11-1-4-16-10(7-11)5-6-25-16/h1-4,7-8,21H,5-6,9H2,(H,22,23)/p-1. The lowest BCUT2D eigenvalue weighted by Crippen LogP contribution is -2.25. The average Bonchev–Trinajstić information content (AvgIpc) is 3.17. The Morgan fingerprint density at radius 1 is 1.20 bits per heavy atom. The number of aliphatic carboxylic acids is 1. The minimum Gasteiger partial charge on any atom is -0.550 e. The third-order valence-electron chi connectivity index (χ3n) is 4.37. The second-order valence-corrected chi connectivity index (χ2v) is 6.40. The molecule has 6 heteroatoms. The maximum atomic E-state index is 13.0. The number of hydrogen-bond acceptors (Lipinski definition) is 4. The number of carboxylic acids is 1. The SMILES string of the molecule is O=C([O-])Cc1c(C(=O)c2ccc3c(c2)CCO3)[nH]c2cc(Cl)ccc12. The Hall–Kier alpha value is -2.79. The molecule has 0 radical (unpaired) electrons. The Bertz CT molecular complexity index is 1020. The van der Waals surface area contributed by atoms with Gasteiger partial charge >= 0.3 is 0 Å². The zero-order valence-electron chi connectivity index (χ0n) is 13.1. The largest absolute Gasteiger partial charge is 0.550 e. The Labute approximate surface area is 148 Å². The second-order valence-electron chi connectivity index (χ2n) is 5.97. The highest BCUT2D eigenvalue weighted by atomic mass is 35.5. The van der Waals surface area contributed by atoms with Gasteiger partial charge in [0.25, 0.3) is 0 Å². The van der Waals surface area contributed by atoms with Crippen LogP contribution in [0.4, 0.5) is 0 Å². The van der Waals surface area contributed by atoms with Crippen LogP contribution in [0.5, 0.6) is 5.75 Å². The van der Waals surface area contributed by atoms with Gasteiger partial charge in [-0.2, -0.15) is 0 Å². The number of carbonyl (C=O) groups is 2. The van der Waals surface area contributed by atoms with Gasteiger partial charge in [-0.15, -0.1) is 0 Å². The van der Waals surface area contributed by atoms with Crippen LogP contribution in [0.1, 0.15) is 27.2 Å². The summed E-state index contributed by atoms with van der Waals surface area (Å²) < 4.78 is 5.46. The minimum atomic E-state index is -1.24. The number of benzene rings is 2. The fourth-order valence-electron chi connectivity index (χ4n) is 3.22. The molecule has 1 aliphatic rings. The molecule has 0 amide bonds. The molecule has 0 unspecified atom stereocenters. The molecule has 126 valence electrons. The first-order valence-electron chi connectivity index (χ1n) is 7.83. The number of aromatic amines is 1. The summed E-state index contributed by atoms with van der Waals surface area (Å²) in [6, 6.07) is 10.3. The van der Waals surface area contributed by atoms with Gasteiger partial charge in [-0.05, 0) is 41.5 Å². The molecule has 1 N–H and O–H groups in total. The molecule has 25 heavy (non-hydrogen) atoms. The number of fused-ring (bicyclic) bond motifs is 2. The molecule has 2 aromatic carbocycles. The topological polar surface area (TPSA) is 82.2 Å². The normalized spacial score (nSPS) is 12.8. The summed E-state index contributed by atoms with van der Waals surface area (Å²) in [5, 5.41) is 12.3. The van der Waals surface area contributed by atoms with E-state index in [-0.39, 0.29) is 17.9 Å². The van der Waals surface area contributed by atoms with Crippen LogP contribution < -0.4 is 9.84 Å². The molecule has 0 saturated carbocycles. The Morgan fingerprint density at radius 2 is 2.04 bits per heavy atom. The molecule has 5 nitrogen and oxygen atoms in total. The first kappa shape index (κ1) is 15.7. The van der Waals surface area contributed by atoms with Gasteiger partial charge in [0.1, 0.15) is 5.75 Å². The number of carbonyl (C=O) groups excluding carboxylic acids is 2. The highest BCUT2D eigenvalue weighted by molar-refractivity contribution is 6.31. The van der Waals surface area contributed by atoms with E-state index in [0.717, 1.165) is 17.7 Å². The molecule has 2 heterocycles. The summed E-state index contributed by atoms with van der Waals surface area (Å²) in [4.78, 5) is 27.2. The van der Waals surface area contributed by atoms with Crippen LogP contribution in [0.2, 0.25) is 5.02 Å². The summed E-state index contributed by atoms with van der Waals surface area (Å²) in [6.07, 6.45) is 0.404. The quantitative estimate of drug-likeness (QED) is 0.729. The van der Waals surface area contributed by atoms with Crippen molar-refractivity contribution in [3.8, 4) is 5.75 Å². The molecule has 4 rings (SSSR count). The molecule has 0 atom stereocenters. The van der Waals surface area contributed by atoms with Crippen LogP contribution in [0, 0.1) is 0 Å². The monoisotopic (exact) mass is 354 g/mol. The molecule has 1 aliphatic heterocycles. The van der Waals surface area contributed by atoms with E-state index in [0.29, 0.717) is 33.7 Å². The van der Waals surface area contributed by atoms with E-state index >= 15 is 0 Å². The molecule has 0 spiro atoms. The molecule has 1 aromatic heterocycles. The number of carboxylic acid groups (broad SMARTS) is 1. The van der Waals surface area contributed by atoms with Gasteiger partial charge < -0.3 is 19.6 Å². The molecular formula is C19H13ClNO4-. The predicted molar refractivity (Wildman–Crippen MR) is 91.1 cm³/mol. The highest BCUT2D eigenvalue weighted by Crippen LogP contribution is 2.30. The number of rotatable bonds is 4. The van der Waals surface area contributed by atoms with Crippen molar-refractivity contribution in [2.75, 3.05) is 6.61 Å². The van der Waals surface area contributed by atoms with Gasteiger partial charge in [-0.1, -0.05) is 17.7 Å². The first-order chi connectivity index (χ1) is 12.0. The maximum Gasteiger partial charge on any atom is 0.209 e. The third kappa shape index (κ3) is 2.76. The number of H-pyrrole nitrogens is 1. The van der Waals surface area contributed by atoms with Crippen LogP contribution in [0.3, 0.4) is 0 Å². The zero-order valence-corrected chi connectivity index (χ0v) is 13.9. The summed E-state index contributed by atoms with van der Waals surface area (Å²) in [5.41, 5.74) is 2.75. The molecular weight excluding hydrogens is 342 g/mol. The van der Waals surface area contributed by atoms with E-state index in [2.05, 4.69) is 4.98 Å². The number of halogens is 1. The van der Waals surface area contributed by atoms with Gasteiger partial charge in [-0.25, -0.2) is 0 Å². The van der Waals surface area contributed by atoms with Crippen molar-refractivity contribution < 1.29 is 19.4 Å². The van der Waals surface area contributed by atoms with Gasteiger partial charge in [-0.3, -0.25) is 4.79 Å². The summed E-state index contributed by atoms with van der Waals surface area (Å²) in [7, 11) is 0. The lowest BCUT2D eigenvalue weighted by Gasteiger charge is -2.07. The van der Waals surface area contributed by atoms with Crippen molar-refractivity contribution in [2.45, 2.75) is 12.8 Å². The average molecular weight is 355 g/mol. The first-order valence-corrected chi connectivity index (χ1v) is 8.21. The highest BCUT2D eigenvalue weighted by Gasteiger charge is 2.21. The Morgan fingerprint density at radius 3 is 2.84 bits per heavy atom. The fraction of sp³-hybridized carbons (Fsp3) is 0.158. The van der Waals surface area contributed by atoms with Gasteiger partial charge in [0, 0.05) is 40.3 Å². The lowest BCUT2D eigenvalue weighted by atomic mass is 9.99. The van der Waals surface area contributed by atoms with Crippen LogP contribution in [0.15, 0.2) is 36.4 Å². The van der Waals surface area contributed by atoms with E-state index < -0.39 is 5.97 Å². The van der Waals surface area contributed by atoms with Crippen molar-refractivity contribution in [1.29, 1.82) is 0 Å². The number of nitrogens with one attached hydrogen (secondary N) is 1. The van der Waals surface area contributed by atoms with E-state index in [4.69, 9.17) is 16.3 Å². The van der Waals surface area contributed by atoms with Crippen LogP contribution >= 0.6 is 11.6 Å².